The zero-order chi connectivity index (χ0) is 15.5. The number of hydrogen-bond acceptors (Lipinski definition) is 4. The molecule has 6 nitrogen and oxygen atoms in total. The predicted molar refractivity (Wildman–Crippen MR) is 78.5 cm³/mol. The van der Waals surface area contributed by atoms with E-state index >= 15 is 0 Å². The minimum absolute atomic E-state index is 0.0171. The first-order valence-electron chi connectivity index (χ1n) is 6.85. The fourth-order valence-corrected chi connectivity index (χ4v) is 3.93. The maximum absolute atomic E-state index is 12.5. The molecular weight excluding hydrogens is 292 g/mol. The summed E-state index contributed by atoms with van der Waals surface area (Å²) in [5, 5.41) is 2.61. The number of ether oxygens (including phenoxy) is 1. The Labute approximate surface area is 125 Å². The van der Waals surface area contributed by atoms with Crippen molar-refractivity contribution in [3.63, 3.8) is 0 Å². The number of methoxy groups -OCH3 is 1. The van der Waals surface area contributed by atoms with Gasteiger partial charge in [0.2, 0.25) is 15.9 Å². The van der Waals surface area contributed by atoms with E-state index in [0.717, 1.165) is 0 Å². The Morgan fingerprint density at radius 3 is 2.29 bits per heavy atom. The molecule has 1 aromatic carbocycles. The van der Waals surface area contributed by atoms with Crippen molar-refractivity contribution in [2.75, 3.05) is 27.2 Å². The van der Waals surface area contributed by atoms with Gasteiger partial charge in [0.15, 0.2) is 0 Å². The van der Waals surface area contributed by atoms with Crippen molar-refractivity contribution in [3.05, 3.63) is 24.3 Å². The summed E-state index contributed by atoms with van der Waals surface area (Å²) in [6, 6.07) is 6.34. The molecular formula is C14H20N2O4S. The maximum Gasteiger partial charge on any atom is 0.243 e. The number of nitrogens with zero attached hydrogens (tertiary/aromatic N) is 1. The van der Waals surface area contributed by atoms with Crippen LogP contribution in [0.25, 0.3) is 0 Å². The standard InChI is InChI=1S/C14H20N2O4S/c1-15-14(17)11-7-9-16(10-8-11)21(18,19)13-5-3-12(20-2)4-6-13/h3-6,11H,7-10H2,1-2H3,(H,15,17). The third-order valence-electron chi connectivity index (χ3n) is 3.77. The number of rotatable bonds is 4. The molecule has 7 heteroatoms. The van der Waals surface area contributed by atoms with Gasteiger partial charge in [-0.25, -0.2) is 8.42 Å². The van der Waals surface area contributed by atoms with Gasteiger partial charge >= 0.3 is 0 Å². The van der Waals surface area contributed by atoms with Crippen molar-refractivity contribution in [1.82, 2.24) is 9.62 Å². The average Bonchev–Trinajstić information content (AvgIpc) is 2.54. The minimum atomic E-state index is -3.50. The normalized spacial score (nSPS) is 17.4. The Morgan fingerprint density at radius 2 is 1.81 bits per heavy atom. The van der Waals surface area contributed by atoms with Gasteiger partial charge in [-0.1, -0.05) is 0 Å². The van der Waals surface area contributed by atoms with Crippen molar-refractivity contribution < 1.29 is 17.9 Å². The van der Waals surface area contributed by atoms with Crippen LogP contribution in [0.5, 0.6) is 5.75 Å². The largest absolute Gasteiger partial charge is 0.497 e. The molecule has 0 atom stereocenters. The summed E-state index contributed by atoms with van der Waals surface area (Å²) in [6.45, 7) is 0.735. The third-order valence-corrected chi connectivity index (χ3v) is 5.68. The molecule has 116 valence electrons. The summed E-state index contributed by atoms with van der Waals surface area (Å²) >= 11 is 0. The molecule has 1 aliphatic rings. The van der Waals surface area contributed by atoms with E-state index in [0.29, 0.717) is 31.7 Å². The summed E-state index contributed by atoms with van der Waals surface area (Å²) in [5.74, 6) is 0.501. The van der Waals surface area contributed by atoms with E-state index in [2.05, 4.69) is 5.32 Å². The molecule has 1 N–H and O–H groups in total. The zero-order valence-electron chi connectivity index (χ0n) is 12.2. The van der Waals surface area contributed by atoms with Gasteiger partial charge in [0.25, 0.3) is 0 Å². The van der Waals surface area contributed by atoms with Crippen molar-refractivity contribution >= 4 is 15.9 Å². The number of carbonyl (C=O) groups excluding carboxylic acids is 1. The second-order valence-electron chi connectivity index (χ2n) is 4.97. The first-order chi connectivity index (χ1) is 9.98. The van der Waals surface area contributed by atoms with Crippen LogP contribution in [0, 0.1) is 5.92 Å². The van der Waals surface area contributed by atoms with E-state index in [1.165, 1.54) is 11.4 Å². The summed E-state index contributed by atoms with van der Waals surface area (Å²) < 4.78 is 31.5. The minimum Gasteiger partial charge on any atom is -0.497 e. The van der Waals surface area contributed by atoms with E-state index in [1.807, 2.05) is 0 Å². The van der Waals surface area contributed by atoms with Crippen LogP contribution < -0.4 is 10.1 Å². The number of piperidine rings is 1. The lowest BCUT2D eigenvalue weighted by molar-refractivity contribution is -0.125. The average molecular weight is 312 g/mol. The number of carbonyl (C=O) groups is 1. The molecule has 0 saturated carbocycles. The lowest BCUT2D eigenvalue weighted by Crippen LogP contribution is -2.42. The highest BCUT2D eigenvalue weighted by Crippen LogP contribution is 2.25. The Bertz CT molecular complexity index is 590. The first-order valence-corrected chi connectivity index (χ1v) is 8.29. The summed E-state index contributed by atoms with van der Waals surface area (Å²) in [5.41, 5.74) is 0. The maximum atomic E-state index is 12.5. The molecule has 1 heterocycles. The van der Waals surface area contributed by atoms with Crippen LogP contribution in [0.1, 0.15) is 12.8 Å². The molecule has 2 rings (SSSR count). The fraction of sp³-hybridized carbons (Fsp3) is 0.500. The summed E-state index contributed by atoms with van der Waals surface area (Å²) in [4.78, 5) is 11.8. The molecule has 0 spiro atoms. The van der Waals surface area contributed by atoms with E-state index in [4.69, 9.17) is 4.74 Å². The molecule has 0 unspecified atom stereocenters. The smallest absolute Gasteiger partial charge is 0.243 e. The molecule has 0 aromatic heterocycles. The van der Waals surface area contributed by atoms with Crippen LogP contribution in [-0.2, 0) is 14.8 Å². The fourth-order valence-electron chi connectivity index (χ4n) is 2.46. The van der Waals surface area contributed by atoms with E-state index in [1.54, 1.807) is 31.3 Å². The van der Waals surface area contributed by atoms with Crippen molar-refractivity contribution in [1.29, 1.82) is 0 Å². The van der Waals surface area contributed by atoms with Gasteiger partial charge in [0, 0.05) is 26.1 Å². The van der Waals surface area contributed by atoms with Crippen LogP contribution in [0.15, 0.2) is 29.2 Å². The zero-order valence-corrected chi connectivity index (χ0v) is 13.0. The Hall–Kier alpha value is -1.60. The van der Waals surface area contributed by atoms with Crippen molar-refractivity contribution in [2.24, 2.45) is 5.92 Å². The number of amides is 1. The molecule has 1 aliphatic heterocycles. The van der Waals surface area contributed by atoms with E-state index in [9.17, 15) is 13.2 Å². The van der Waals surface area contributed by atoms with E-state index in [-0.39, 0.29) is 16.7 Å². The first kappa shape index (κ1) is 15.8. The monoisotopic (exact) mass is 312 g/mol. The van der Waals surface area contributed by atoms with Gasteiger partial charge in [0.1, 0.15) is 5.75 Å². The SMILES string of the molecule is CNC(=O)C1CCN(S(=O)(=O)c2ccc(OC)cc2)CC1. The van der Waals surface area contributed by atoms with Crippen molar-refractivity contribution in [2.45, 2.75) is 17.7 Å². The highest BCUT2D eigenvalue weighted by atomic mass is 32.2. The van der Waals surface area contributed by atoms with Gasteiger partial charge in [-0.2, -0.15) is 4.31 Å². The van der Waals surface area contributed by atoms with Crippen LogP contribution in [0.2, 0.25) is 0 Å². The number of hydrogen-bond donors (Lipinski definition) is 1. The van der Waals surface area contributed by atoms with Crippen LogP contribution >= 0.6 is 0 Å². The molecule has 1 fully saturated rings. The Balaban J connectivity index is 2.09. The second-order valence-corrected chi connectivity index (χ2v) is 6.91. The molecule has 1 amide bonds. The lowest BCUT2D eigenvalue weighted by Gasteiger charge is -2.30. The van der Waals surface area contributed by atoms with Crippen LogP contribution in [-0.4, -0.2) is 45.9 Å². The molecule has 1 saturated heterocycles. The van der Waals surface area contributed by atoms with Gasteiger partial charge < -0.3 is 10.1 Å². The number of nitrogens with one attached hydrogen (secondary N) is 1. The van der Waals surface area contributed by atoms with Gasteiger partial charge in [-0.15, -0.1) is 0 Å². The topological polar surface area (TPSA) is 75.7 Å². The number of sulfonamides is 1. The lowest BCUT2D eigenvalue weighted by atomic mass is 9.97. The van der Waals surface area contributed by atoms with Gasteiger partial charge in [-0.05, 0) is 37.1 Å². The molecule has 21 heavy (non-hydrogen) atoms. The molecule has 0 radical (unpaired) electrons. The molecule has 0 aliphatic carbocycles. The summed E-state index contributed by atoms with van der Waals surface area (Å²) in [6.07, 6.45) is 1.10. The van der Waals surface area contributed by atoms with Crippen molar-refractivity contribution in [3.8, 4) is 5.75 Å². The van der Waals surface area contributed by atoms with Gasteiger partial charge in [0.05, 0.1) is 12.0 Å². The Morgan fingerprint density at radius 1 is 1.24 bits per heavy atom. The Kier molecular flexibility index (Phi) is 4.84. The predicted octanol–water partition coefficient (Wildman–Crippen LogP) is 0.842. The quantitative estimate of drug-likeness (QED) is 0.894. The van der Waals surface area contributed by atoms with E-state index < -0.39 is 10.0 Å². The number of benzene rings is 1. The van der Waals surface area contributed by atoms with Crippen LogP contribution in [0.4, 0.5) is 0 Å². The highest BCUT2D eigenvalue weighted by molar-refractivity contribution is 7.89. The second kappa shape index (κ2) is 6.44. The summed E-state index contributed by atoms with van der Waals surface area (Å²) in [7, 11) is -0.362. The molecule has 0 bridgehead atoms. The third kappa shape index (κ3) is 3.36. The van der Waals surface area contributed by atoms with Crippen LogP contribution in [0.3, 0.4) is 0 Å². The highest BCUT2D eigenvalue weighted by Gasteiger charge is 2.31. The van der Waals surface area contributed by atoms with Gasteiger partial charge in [-0.3, -0.25) is 4.79 Å². The molecule has 1 aromatic rings.